The summed E-state index contributed by atoms with van der Waals surface area (Å²) < 4.78 is 0. The van der Waals surface area contributed by atoms with E-state index >= 15 is 0 Å². The molecular weight excluding hydrogens is 424 g/mol. The molecular formula is C23H34N6O2S. The highest BCUT2D eigenvalue weighted by Gasteiger charge is 2.42. The van der Waals surface area contributed by atoms with Gasteiger partial charge in [-0.05, 0) is 63.7 Å². The van der Waals surface area contributed by atoms with E-state index in [2.05, 4.69) is 28.2 Å². The molecule has 4 rings (SSSR count). The molecule has 2 saturated heterocycles. The van der Waals surface area contributed by atoms with Crippen molar-refractivity contribution in [2.75, 3.05) is 52.6 Å². The molecule has 0 bridgehead atoms. The number of nitrogens with two attached hydrogens (primary N) is 1. The third-order valence-electron chi connectivity index (χ3n) is 7.43. The predicted octanol–water partition coefficient (Wildman–Crippen LogP) is 1.89. The van der Waals surface area contributed by atoms with E-state index in [9.17, 15) is 14.9 Å². The van der Waals surface area contributed by atoms with Crippen molar-refractivity contribution >= 4 is 28.3 Å². The van der Waals surface area contributed by atoms with Gasteiger partial charge < -0.3 is 20.9 Å². The molecule has 32 heavy (non-hydrogen) atoms. The molecule has 174 valence electrons. The number of urea groups is 1. The number of imide groups is 1. The zero-order chi connectivity index (χ0) is 22.8. The largest absolute Gasteiger partial charge is 0.389 e. The van der Waals surface area contributed by atoms with Crippen molar-refractivity contribution in [3.63, 3.8) is 0 Å². The van der Waals surface area contributed by atoms with E-state index in [0.717, 1.165) is 44.5 Å². The van der Waals surface area contributed by atoms with E-state index in [4.69, 9.17) is 5.73 Å². The van der Waals surface area contributed by atoms with E-state index in [0.29, 0.717) is 29.7 Å². The van der Waals surface area contributed by atoms with Crippen molar-refractivity contribution in [1.29, 1.82) is 5.26 Å². The summed E-state index contributed by atoms with van der Waals surface area (Å²) >= 11 is 1.53. The molecule has 0 saturated carbocycles. The number of carbonyl (C=O) groups excluding carboxylic acids is 2. The van der Waals surface area contributed by atoms with Crippen LogP contribution in [0, 0.1) is 23.2 Å². The Morgan fingerprint density at radius 1 is 1.28 bits per heavy atom. The lowest BCUT2D eigenvalue weighted by Gasteiger charge is -2.45. The van der Waals surface area contributed by atoms with Crippen molar-refractivity contribution in [1.82, 2.24) is 20.0 Å². The van der Waals surface area contributed by atoms with Crippen LogP contribution in [0.2, 0.25) is 0 Å². The zero-order valence-corrected chi connectivity index (χ0v) is 19.9. The van der Waals surface area contributed by atoms with Crippen LogP contribution in [0.4, 0.5) is 9.80 Å². The number of nitrogen functional groups attached to an aromatic ring is 1. The molecule has 2 fully saturated rings. The van der Waals surface area contributed by atoms with Gasteiger partial charge in [0.15, 0.2) is 0 Å². The van der Waals surface area contributed by atoms with Gasteiger partial charge in [0.2, 0.25) is 5.91 Å². The molecule has 0 unspecified atom stereocenters. The molecule has 9 heteroatoms. The molecule has 3 aliphatic rings. The van der Waals surface area contributed by atoms with Crippen LogP contribution in [0.25, 0.3) is 0 Å². The van der Waals surface area contributed by atoms with E-state index in [1.165, 1.54) is 40.4 Å². The summed E-state index contributed by atoms with van der Waals surface area (Å²) in [7, 11) is 3.64. The number of amides is 3. The number of nitriles is 1. The number of piperidine rings is 2. The Balaban J connectivity index is 1.34. The number of hydrogen-bond donors (Lipinski definition) is 2. The highest BCUT2D eigenvalue weighted by molar-refractivity contribution is 7.16. The van der Waals surface area contributed by atoms with E-state index in [1.54, 1.807) is 7.05 Å². The Morgan fingerprint density at radius 3 is 2.75 bits per heavy atom. The third-order valence-corrected chi connectivity index (χ3v) is 8.52. The van der Waals surface area contributed by atoms with Crippen LogP contribution in [0.3, 0.4) is 0 Å². The first-order valence-electron chi connectivity index (χ1n) is 11.7. The molecule has 3 atom stereocenters. The molecule has 0 radical (unpaired) electrons. The Labute approximate surface area is 194 Å². The van der Waals surface area contributed by atoms with Crippen molar-refractivity contribution in [2.45, 2.75) is 44.6 Å². The third kappa shape index (κ3) is 4.63. The number of hydrogen-bond acceptors (Lipinski definition) is 7. The molecule has 1 aromatic rings. The number of fused-ring (bicyclic) bond motifs is 2. The summed E-state index contributed by atoms with van der Waals surface area (Å²) in [6.45, 7) is 4.22. The Morgan fingerprint density at radius 2 is 2.03 bits per heavy atom. The molecule has 3 heterocycles. The van der Waals surface area contributed by atoms with Gasteiger partial charge >= 0.3 is 6.03 Å². The van der Waals surface area contributed by atoms with Gasteiger partial charge in [-0.25, -0.2) is 4.79 Å². The summed E-state index contributed by atoms with van der Waals surface area (Å²) in [4.78, 5) is 32.8. The first kappa shape index (κ1) is 23.0. The van der Waals surface area contributed by atoms with Gasteiger partial charge in [0.25, 0.3) is 0 Å². The van der Waals surface area contributed by atoms with Crippen molar-refractivity contribution < 1.29 is 9.59 Å². The average molecular weight is 459 g/mol. The van der Waals surface area contributed by atoms with E-state index < -0.39 is 0 Å². The SMILES string of the molecule is CN(C(=O)NCCN1CCCCC1)C(=O)[C@@H]1C[C@@H]2Cc3c(sc(N)c3C#N)C[C@H]2N(C)C1. The van der Waals surface area contributed by atoms with Gasteiger partial charge in [0.1, 0.15) is 11.1 Å². The van der Waals surface area contributed by atoms with Gasteiger partial charge in [0.05, 0.1) is 11.5 Å². The second-order valence-corrected chi connectivity index (χ2v) is 10.6. The summed E-state index contributed by atoms with van der Waals surface area (Å²) in [5, 5.41) is 13.0. The monoisotopic (exact) mass is 458 g/mol. The highest BCUT2D eigenvalue weighted by Crippen LogP contribution is 2.42. The summed E-state index contributed by atoms with van der Waals surface area (Å²) in [5.41, 5.74) is 7.75. The smallest absolute Gasteiger partial charge is 0.323 e. The Kier molecular flexibility index (Phi) is 7.03. The maximum atomic E-state index is 13.2. The second kappa shape index (κ2) is 9.77. The molecule has 3 N–H and O–H groups in total. The number of anilines is 1. The lowest BCUT2D eigenvalue weighted by Crippen LogP contribution is -2.54. The van der Waals surface area contributed by atoms with Gasteiger partial charge in [0, 0.05) is 37.6 Å². The lowest BCUT2D eigenvalue weighted by atomic mass is 9.74. The van der Waals surface area contributed by atoms with Gasteiger partial charge in [-0.1, -0.05) is 6.42 Å². The minimum atomic E-state index is -0.319. The van der Waals surface area contributed by atoms with E-state index in [-0.39, 0.29) is 23.8 Å². The standard InChI is InChI=1S/C23H34N6O2S/c1-27-14-16(10-15-11-17-18(13-24)21(25)32-20(17)12-19(15)27)22(30)28(2)23(31)26-6-9-29-7-4-3-5-8-29/h15-16,19H,3-12,14,25H2,1-2H3,(H,26,31)/t15-,16-,19-/m1/s1. The Bertz CT molecular complexity index is 903. The van der Waals surface area contributed by atoms with Crippen LogP contribution < -0.4 is 11.1 Å². The number of nitrogens with zero attached hydrogens (tertiary/aromatic N) is 4. The van der Waals surface area contributed by atoms with Gasteiger partial charge in [-0.3, -0.25) is 9.69 Å². The number of rotatable bonds is 4. The van der Waals surface area contributed by atoms with Crippen LogP contribution in [0.5, 0.6) is 0 Å². The fourth-order valence-corrected chi connectivity index (χ4v) is 6.75. The number of likely N-dealkylation sites (N-methyl/N-ethyl adjacent to an activating group) is 1. The quantitative estimate of drug-likeness (QED) is 0.714. The normalized spacial score (nSPS) is 26.0. The second-order valence-electron chi connectivity index (χ2n) is 9.49. The summed E-state index contributed by atoms with van der Waals surface area (Å²) in [6.07, 6.45) is 6.12. The van der Waals surface area contributed by atoms with Crippen LogP contribution >= 0.6 is 11.3 Å². The van der Waals surface area contributed by atoms with Crippen molar-refractivity contribution in [3.05, 3.63) is 16.0 Å². The molecule has 8 nitrogen and oxygen atoms in total. The lowest BCUT2D eigenvalue weighted by molar-refractivity contribution is -0.134. The van der Waals surface area contributed by atoms with Crippen LogP contribution in [0.1, 0.15) is 41.7 Å². The van der Waals surface area contributed by atoms with Gasteiger partial charge in [-0.2, -0.15) is 5.26 Å². The highest BCUT2D eigenvalue weighted by atomic mass is 32.1. The minimum absolute atomic E-state index is 0.123. The number of likely N-dealkylation sites (tertiary alicyclic amines) is 2. The first-order valence-corrected chi connectivity index (χ1v) is 12.5. The number of thiophene rings is 1. The molecule has 2 aliphatic heterocycles. The summed E-state index contributed by atoms with van der Waals surface area (Å²) in [5.74, 6) is -0.0593. The minimum Gasteiger partial charge on any atom is -0.389 e. The maximum Gasteiger partial charge on any atom is 0.323 e. The molecule has 0 spiro atoms. The number of carbonyl (C=O) groups is 2. The van der Waals surface area contributed by atoms with Crippen molar-refractivity contribution in [3.8, 4) is 6.07 Å². The number of nitrogens with one attached hydrogen (secondary N) is 1. The average Bonchev–Trinajstić information content (AvgIpc) is 3.11. The predicted molar refractivity (Wildman–Crippen MR) is 125 cm³/mol. The maximum absolute atomic E-state index is 13.2. The molecule has 1 aliphatic carbocycles. The van der Waals surface area contributed by atoms with Crippen LogP contribution in [-0.4, -0.2) is 79.5 Å². The fourth-order valence-electron chi connectivity index (χ4n) is 5.65. The fraction of sp³-hybridized carbons (Fsp3) is 0.696. The topological polar surface area (TPSA) is 106 Å². The van der Waals surface area contributed by atoms with Crippen molar-refractivity contribution in [2.24, 2.45) is 11.8 Å². The summed E-state index contributed by atoms with van der Waals surface area (Å²) in [6, 6.07) is 2.29. The van der Waals surface area contributed by atoms with Crippen LogP contribution in [0.15, 0.2) is 0 Å². The first-order chi connectivity index (χ1) is 15.4. The molecule has 0 aromatic carbocycles. The van der Waals surface area contributed by atoms with Gasteiger partial charge in [-0.15, -0.1) is 11.3 Å². The Hall–Kier alpha value is -2.15. The molecule has 1 aromatic heterocycles. The zero-order valence-electron chi connectivity index (χ0n) is 19.1. The van der Waals surface area contributed by atoms with E-state index in [1.807, 2.05) is 0 Å². The van der Waals surface area contributed by atoms with Crippen LogP contribution in [-0.2, 0) is 17.6 Å². The molecule has 3 amide bonds.